The summed E-state index contributed by atoms with van der Waals surface area (Å²) < 4.78 is 29.9. The number of esters is 1. The Hall–Kier alpha value is -1.93. The zero-order valence-corrected chi connectivity index (χ0v) is 10.2. The molecule has 1 aromatic rings. The van der Waals surface area contributed by atoms with Crippen molar-refractivity contribution in [3.63, 3.8) is 0 Å². The van der Waals surface area contributed by atoms with E-state index < -0.39 is 28.5 Å². The smallest absolute Gasteiger partial charge is 0.339 e. The molecular formula is C10H11NO6S. The number of rotatable bonds is 5. The van der Waals surface area contributed by atoms with Gasteiger partial charge in [0.1, 0.15) is 6.54 Å². The molecule has 2 N–H and O–H groups in total. The van der Waals surface area contributed by atoms with Crippen LogP contribution in [-0.2, 0) is 19.6 Å². The number of methoxy groups -OCH3 is 1. The van der Waals surface area contributed by atoms with Crippen LogP contribution in [0.15, 0.2) is 29.2 Å². The van der Waals surface area contributed by atoms with Crippen molar-refractivity contribution in [2.45, 2.75) is 4.90 Å². The molecule has 0 aliphatic carbocycles. The van der Waals surface area contributed by atoms with E-state index in [0.29, 0.717) is 0 Å². The number of sulfonamides is 1. The standard InChI is InChI=1S/C10H11NO6S/c1-17-10(14)7-4-2-3-5-8(7)18(15,16)11-6-9(12)13/h2-5,11H,6H2,1H3,(H,12,13). The summed E-state index contributed by atoms with van der Waals surface area (Å²) >= 11 is 0. The third-order valence-corrected chi connectivity index (χ3v) is 3.45. The van der Waals surface area contributed by atoms with E-state index in [1.807, 2.05) is 4.72 Å². The average molecular weight is 273 g/mol. The molecule has 1 aromatic carbocycles. The normalized spacial score (nSPS) is 10.9. The first-order valence-corrected chi connectivity index (χ1v) is 6.25. The highest BCUT2D eigenvalue weighted by atomic mass is 32.2. The molecule has 0 amide bonds. The van der Waals surface area contributed by atoms with E-state index in [1.165, 1.54) is 24.3 Å². The van der Waals surface area contributed by atoms with Gasteiger partial charge in [0.15, 0.2) is 0 Å². The molecule has 98 valence electrons. The third-order valence-electron chi connectivity index (χ3n) is 2.00. The Morgan fingerprint density at radius 2 is 1.94 bits per heavy atom. The van der Waals surface area contributed by atoms with Crippen LogP contribution in [0.1, 0.15) is 10.4 Å². The number of carbonyl (C=O) groups excluding carboxylic acids is 1. The molecule has 0 unspecified atom stereocenters. The lowest BCUT2D eigenvalue weighted by atomic mass is 10.2. The van der Waals surface area contributed by atoms with Crippen LogP contribution in [0, 0.1) is 0 Å². The molecule has 0 atom stereocenters. The maximum atomic E-state index is 11.8. The monoisotopic (exact) mass is 273 g/mol. The van der Waals surface area contributed by atoms with Gasteiger partial charge < -0.3 is 9.84 Å². The zero-order valence-electron chi connectivity index (χ0n) is 9.41. The molecule has 0 heterocycles. The molecule has 1 rings (SSSR count). The largest absolute Gasteiger partial charge is 0.480 e. The number of benzene rings is 1. The van der Waals surface area contributed by atoms with Crippen LogP contribution >= 0.6 is 0 Å². The highest BCUT2D eigenvalue weighted by Crippen LogP contribution is 2.15. The number of hydrogen-bond acceptors (Lipinski definition) is 5. The van der Waals surface area contributed by atoms with Gasteiger partial charge in [-0.1, -0.05) is 12.1 Å². The van der Waals surface area contributed by atoms with E-state index >= 15 is 0 Å². The number of aliphatic carboxylic acids is 1. The summed E-state index contributed by atoms with van der Waals surface area (Å²) in [6, 6.07) is 5.36. The number of carboxylic acid groups (broad SMARTS) is 1. The Morgan fingerprint density at radius 1 is 1.33 bits per heavy atom. The van der Waals surface area contributed by atoms with Gasteiger partial charge in [0.05, 0.1) is 17.6 Å². The molecule has 0 saturated heterocycles. The minimum atomic E-state index is -4.07. The molecule has 7 nitrogen and oxygen atoms in total. The van der Waals surface area contributed by atoms with Gasteiger partial charge in [-0.15, -0.1) is 0 Å². The average Bonchev–Trinajstić information content (AvgIpc) is 2.35. The molecule has 8 heteroatoms. The summed E-state index contributed by atoms with van der Waals surface area (Å²) in [6.07, 6.45) is 0. The van der Waals surface area contributed by atoms with Crippen molar-refractivity contribution in [3.05, 3.63) is 29.8 Å². The van der Waals surface area contributed by atoms with Gasteiger partial charge in [-0.05, 0) is 12.1 Å². The van der Waals surface area contributed by atoms with Gasteiger partial charge in [-0.2, -0.15) is 4.72 Å². The lowest BCUT2D eigenvalue weighted by Crippen LogP contribution is -2.30. The maximum absolute atomic E-state index is 11.8. The van der Waals surface area contributed by atoms with Crippen molar-refractivity contribution in [2.24, 2.45) is 0 Å². The molecule has 0 fully saturated rings. The van der Waals surface area contributed by atoms with Gasteiger partial charge in [0, 0.05) is 0 Å². The lowest BCUT2D eigenvalue weighted by molar-refractivity contribution is -0.135. The van der Waals surface area contributed by atoms with Crippen molar-refractivity contribution in [3.8, 4) is 0 Å². The number of carbonyl (C=O) groups is 2. The molecule has 0 aromatic heterocycles. The molecule has 0 aliphatic rings. The number of ether oxygens (including phenoxy) is 1. The van der Waals surface area contributed by atoms with Crippen molar-refractivity contribution in [1.29, 1.82) is 0 Å². The summed E-state index contributed by atoms with van der Waals surface area (Å²) in [7, 11) is -2.95. The summed E-state index contributed by atoms with van der Waals surface area (Å²) in [4.78, 5) is 21.4. The summed E-state index contributed by atoms with van der Waals surface area (Å²) in [6.45, 7) is -0.766. The van der Waals surface area contributed by atoms with Crippen LogP contribution in [0.5, 0.6) is 0 Å². The second-order valence-corrected chi connectivity index (χ2v) is 4.94. The Labute approximate surface area is 103 Å². The third kappa shape index (κ3) is 3.28. The predicted molar refractivity (Wildman–Crippen MR) is 60.6 cm³/mol. The fraction of sp³-hybridized carbons (Fsp3) is 0.200. The number of carboxylic acids is 1. The molecule has 0 spiro atoms. The topological polar surface area (TPSA) is 110 Å². The van der Waals surface area contributed by atoms with Crippen LogP contribution < -0.4 is 4.72 Å². The molecule has 0 saturated carbocycles. The number of hydrogen-bond donors (Lipinski definition) is 2. The van der Waals surface area contributed by atoms with Gasteiger partial charge in [-0.25, -0.2) is 13.2 Å². The lowest BCUT2D eigenvalue weighted by Gasteiger charge is -2.08. The highest BCUT2D eigenvalue weighted by molar-refractivity contribution is 7.89. The fourth-order valence-electron chi connectivity index (χ4n) is 1.21. The Balaban J connectivity index is 3.16. The first kappa shape index (κ1) is 14.1. The summed E-state index contributed by atoms with van der Waals surface area (Å²) in [5, 5.41) is 8.43. The van der Waals surface area contributed by atoms with Crippen molar-refractivity contribution in [1.82, 2.24) is 4.72 Å². The van der Waals surface area contributed by atoms with Crippen molar-refractivity contribution >= 4 is 22.0 Å². The quantitative estimate of drug-likeness (QED) is 0.721. The van der Waals surface area contributed by atoms with Gasteiger partial charge in [-0.3, -0.25) is 4.79 Å². The predicted octanol–water partition coefficient (Wildman–Crippen LogP) is -0.164. The van der Waals surface area contributed by atoms with E-state index in [1.54, 1.807) is 0 Å². The minimum absolute atomic E-state index is 0.155. The molecule has 18 heavy (non-hydrogen) atoms. The first-order valence-electron chi connectivity index (χ1n) is 4.77. The minimum Gasteiger partial charge on any atom is -0.480 e. The summed E-state index contributed by atoms with van der Waals surface area (Å²) in [5.74, 6) is -2.14. The second kappa shape index (κ2) is 5.61. The maximum Gasteiger partial charge on any atom is 0.339 e. The van der Waals surface area contributed by atoms with Gasteiger partial charge in [0.2, 0.25) is 10.0 Å². The molecular weight excluding hydrogens is 262 g/mol. The van der Waals surface area contributed by atoms with Crippen molar-refractivity contribution < 1.29 is 27.9 Å². The van der Waals surface area contributed by atoms with Crippen LogP contribution in [0.25, 0.3) is 0 Å². The van der Waals surface area contributed by atoms with Gasteiger partial charge in [0.25, 0.3) is 0 Å². The zero-order chi connectivity index (χ0) is 13.8. The fourth-order valence-corrected chi connectivity index (χ4v) is 2.38. The van der Waals surface area contributed by atoms with Crippen molar-refractivity contribution in [2.75, 3.05) is 13.7 Å². The highest BCUT2D eigenvalue weighted by Gasteiger charge is 2.22. The molecule has 0 bridgehead atoms. The van der Waals surface area contributed by atoms with E-state index in [4.69, 9.17) is 5.11 Å². The van der Waals surface area contributed by atoms with E-state index in [0.717, 1.165) is 7.11 Å². The Kier molecular flexibility index (Phi) is 4.40. The second-order valence-electron chi connectivity index (χ2n) is 3.21. The Morgan fingerprint density at radius 3 is 2.50 bits per heavy atom. The van der Waals surface area contributed by atoms with E-state index in [9.17, 15) is 18.0 Å². The molecule has 0 aliphatic heterocycles. The Bertz CT molecular complexity index is 565. The van der Waals surface area contributed by atoms with Crippen LogP contribution in [0.4, 0.5) is 0 Å². The number of nitrogens with one attached hydrogen (secondary N) is 1. The first-order chi connectivity index (χ1) is 8.38. The molecule has 0 radical (unpaired) electrons. The van der Waals surface area contributed by atoms with Crippen LogP contribution in [-0.4, -0.2) is 39.1 Å². The van der Waals surface area contributed by atoms with Crippen LogP contribution in [0.3, 0.4) is 0 Å². The van der Waals surface area contributed by atoms with E-state index in [-0.39, 0.29) is 10.5 Å². The summed E-state index contributed by atoms with van der Waals surface area (Å²) in [5.41, 5.74) is -0.155. The van der Waals surface area contributed by atoms with Crippen LogP contribution in [0.2, 0.25) is 0 Å². The SMILES string of the molecule is COC(=O)c1ccccc1S(=O)(=O)NCC(=O)O. The van der Waals surface area contributed by atoms with Gasteiger partial charge >= 0.3 is 11.9 Å². The van der Waals surface area contributed by atoms with E-state index in [2.05, 4.69) is 4.74 Å².